The average molecular weight is 264 g/mol. The van der Waals surface area contributed by atoms with Crippen molar-refractivity contribution in [1.29, 1.82) is 0 Å². The van der Waals surface area contributed by atoms with Gasteiger partial charge in [0.15, 0.2) is 0 Å². The number of nitrogens with zero attached hydrogens (tertiary/aromatic N) is 2. The van der Waals surface area contributed by atoms with Gasteiger partial charge in [0.1, 0.15) is 0 Å². The summed E-state index contributed by atoms with van der Waals surface area (Å²) in [6, 6.07) is 5.04. The van der Waals surface area contributed by atoms with Gasteiger partial charge in [-0.05, 0) is 25.3 Å². The van der Waals surface area contributed by atoms with Crippen molar-refractivity contribution in [3.8, 4) is 0 Å². The maximum absolute atomic E-state index is 10.8. The molecule has 0 saturated heterocycles. The van der Waals surface area contributed by atoms with E-state index in [9.17, 15) is 14.9 Å². The highest BCUT2D eigenvalue weighted by molar-refractivity contribution is 5.68. The van der Waals surface area contributed by atoms with Crippen LogP contribution < -0.4 is 4.90 Å². The van der Waals surface area contributed by atoms with E-state index in [0.717, 1.165) is 24.1 Å². The van der Waals surface area contributed by atoms with Gasteiger partial charge in [0.05, 0.1) is 11.3 Å². The predicted molar refractivity (Wildman–Crippen MR) is 70.5 cm³/mol. The first-order valence-corrected chi connectivity index (χ1v) is 6.22. The van der Waals surface area contributed by atoms with Crippen molar-refractivity contribution in [1.82, 2.24) is 0 Å². The monoisotopic (exact) mass is 264 g/mol. The molecule has 0 aromatic heterocycles. The van der Waals surface area contributed by atoms with Crippen molar-refractivity contribution in [2.75, 3.05) is 11.4 Å². The van der Waals surface area contributed by atoms with Crippen LogP contribution in [0.15, 0.2) is 18.2 Å². The molecule has 1 fully saturated rings. The van der Waals surface area contributed by atoms with Crippen LogP contribution in [0.5, 0.6) is 0 Å². The fourth-order valence-corrected chi connectivity index (χ4v) is 2.12. The molecule has 2 rings (SSSR count). The fourth-order valence-electron chi connectivity index (χ4n) is 2.12. The molecule has 19 heavy (non-hydrogen) atoms. The van der Waals surface area contributed by atoms with E-state index in [2.05, 4.69) is 0 Å². The zero-order valence-electron chi connectivity index (χ0n) is 10.7. The number of nitro groups is 1. The van der Waals surface area contributed by atoms with Crippen LogP contribution in [0, 0.1) is 17.0 Å². The number of hydrogen-bond donors (Lipinski definition) is 1. The van der Waals surface area contributed by atoms with E-state index in [1.54, 1.807) is 6.07 Å². The lowest BCUT2D eigenvalue weighted by Crippen LogP contribution is -2.29. The second-order valence-electron chi connectivity index (χ2n) is 4.80. The Morgan fingerprint density at radius 1 is 1.53 bits per heavy atom. The summed E-state index contributed by atoms with van der Waals surface area (Å²) in [5, 5.41) is 19.6. The summed E-state index contributed by atoms with van der Waals surface area (Å²) in [5.41, 5.74) is 1.75. The number of benzene rings is 1. The van der Waals surface area contributed by atoms with E-state index in [-0.39, 0.29) is 12.1 Å². The Kier molecular flexibility index (Phi) is 3.69. The van der Waals surface area contributed by atoms with Gasteiger partial charge in [-0.15, -0.1) is 0 Å². The summed E-state index contributed by atoms with van der Waals surface area (Å²) in [5.74, 6) is -0.853. The summed E-state index contributed by atoms with van der Waals surface area (Å²) in [7, 11) is 0. The molecule has 0 atom stereocenters. The minimum absolute atomic E-state index is 0.0403. The molecule has 6 heteroatoms. The molecule has 0 unspecified atom stereocenters. The Labute approximate surface area is 110 Å². The normalized spacial score (nSPS) is 14.2. The Balaban J connectivity index is 2.27. The lowest BCUT2D eigenvalue weighted by Gasteiger charge is -2.25. The fraction of sp³-hybridized carbons (Fsp3) is 0.462. The molecule has 1 N–H and O–H groups in total. The predicted octanol–water partition coefficient (Wildman–Crippen LogP) is 2.35. The van der Waals surface area contributed by atoms with Crippen molar-refractivity contribution in [3.63, 3.8) is 0 Å². The van der Waals surface area contributed by atoms with Crippen molar-refractivity contribution in [2.24, 2.45) is 0 Å². The Hall–Kier alpha value is -2.11. The van der Waals surface area contributed by atoms with Crippen LogP contribution in [-0.4, -0.2) is 28.6 Å². The largest absolute Gasteiger partial charge is 0.481 e. The summed E-state index contributed by atoms with van der Waals surface area (Å²) < 4.78 is 0. The van der Waals surface area contributed by atoms with Crippen molar-refractivity contribution in [3.05, 3.63) is 33.9 Å². The Morgan fingerprint density at radius 3 is 2.74 bits per heavy atom. The third-order valence-electron chi connectivity index (χ3n) is 3.27. The molecule has 1 aromatic rings. The molecule has 1 aliphatic rings. The van der Waals surface area contributed by atoms with Crippen LogP contribution in [0.2, 0.25) is 0 Å². The summed E-state index contributed by atoms with van der Waals surface area (Å²) in [4.78, 5) is 23.1. The first kappa shape index (κ1) is 13.3. The molecule has 1 saturated carbocycles. The Morgan fingerprint density at radius 2 is 2.21 bits per heavy atom. The Bertz CT molecular complexity index is 511. The van der Waals surface area contributed by atoms with Crippen LogP contribution >= 0.6 is 0 Å². The quantitative estimate of drug-likeness (QED) is 0.629. The second-order valence-corrected chi connectivity index (χ2v) is 4.80. The van der Waals surface area contributed by atoms with Gasteiger partial charge < -0.3 is 10.0 Å². The van der Waals surface area contributed by atoms with Crippen molar-refractivity contribution < 1.29 is 14.8 Å². The van der Waals surface area contributed by atoms with E-state index in [1.165, 1.54) is 12.1 Å². The van der Waals surface area contributed by atoms with Gasteiger partial charge in [0.25, 0.3) is 5.69 Å². The first-order valence-electron chi connectivity index (χ1n) is 6.22. The maximum atomic E-state index is 10.8. The SMILES string of the molecule is Cc1ccc([N+](=O)[O-])cc1N(CCC(=O)O)C1CC1. The second kappa shape index (κ2) is 5.26. The third-order valence-corrected chi connectivity index (χ3v) is 3.27. The molecule has 0 amide bonds. The zero-order valence-corrected chi connectivity index (χ0v) is 10.7. The summed E-state index contributed by atoms with van der Waals surface area (Å²) in [6.07, 6.45) is 2.07. The van der Waals surface area contributed by atoms with Gasteiger partial charge in [-0.2, -0.15) is 0 Å². The molecular weight excluding hydrogens is 248 g/mol. The summed E-state index contributed by atoms with van der Waals surface area (Å²) in [6.45, 7) is 2.28. The van der Waals surface area contributed by atoms with Gasteiger partial charge in [-0.3, -0.25) is 14.9 Å². The molecule has 0 spiro atoms. The van der Waals surface area contributed by atoms with E-state index >= 15 is 0 Å². The smallest absolute Gasteiger partial charge is 0.305 e. The van der Waals surface area contributed by atoms with E-state index in [0.29, 0.717) is 12.6 Å². The third kappa shape index (κ3) is 3.21. The number of nitro benzene ring substituents is 1. The number of rotatable bonds is 6. The van der Waals surface area contributed by atoms with Crippen LogP contribution in [0.1, 0.15) is 24.8 Å². The van der Waals surface area contributed by atoms with Gasteiger partial charge in [0.2, 0.25) is 0 Å². The van der Waals surface area contributed by atoms with E-state index < -0.39 is 10.9 Å². The number of carbonyl (C=O) groups is 1. The van der Waals surface area contributed by atoms with Gasteiger partial charge in [-0.1, -0.05) is 6.07 Å². The van der Waals surface area contributed by atoms with Gasteiger partial charge in [-0.25, -0.2) is 0 Å². The lowest BCUT2D eigenvalue weighted by atomic mass is 10.1. The number of carboxylic acid groups (broad SMARTS) is 1. The molecule has 102 valence electrons. The topological polar surface area (TPSA) is 83.7 Å². The average Bonchev–Trinajstić information content (AvgIpc) is 3.15. The highest BCUT2D eigenvalue weighted by Gasteiger charge is 2.30. The van der Waals surface area contributed by atoms with Crippen LogP contribution in [0.25, 0.3) is 0 Å². The minimum Gasteiger partial charge on any atom is -0.481 e. The molecular formula is C13H16N2O4. The number of aliphatic carboxylic acids is 1. The van der Waals surface area contributed by atoms with Gasteiger partial charge in [0, 0.05) is 30.4 Å². The van der Waals surface area contributed by atoms with Crippen molar-refractivity contribution in [2.45, 2.75) is 32.2 Å². The van der Waals surface area contributed by atoms with Crippen LogP contribution in [0.3, 0.4) is 0 Å². The molecule has 1 aliphatic carbocycles. The van der Waals surface area contributed by atoms with Crippen LogP contribution in [-0.2, 0) is 4.79 Å². The highest BCUT2D eigenvalue weighted by atomic mass is 16.6. The van der Waals surface area contributed by atoms with Gasteiger partial charge >= 0.3 is 5.97 Å². The maximum Gasteiger partial charge on any atom is 0.305 e. The van der Waals surface area contributed by atoms with E-state index in [4.69, 9.17) is 5.11 Å². The van der Waals surface area contributed by atoms with Crippen molar-refractivity contribution >= 4 is 17.3 Å². The molecule has 1 aromatic carbocycles. The summed E-state index contributed by atoms with van der Waals surface area (Å²) >= 11 is 0. The zero-order chi connectivity index (χ0) is 14.0. The number of anilines is 1. The van der Waals surface area contributed by atoms with E-state index in [1.807, 2.05) is 11.8 Å². The molecule has 0 heterocycles. The highest BCUT2D eigenvalue weighted by Crippen LogP contribution is 2.35. The standard InChI is InChI=1S/C13H16N2O4/c1-9-2-3-11(15(18)19)8-12(9)14(10-4-5-10)7-6-13(16)17/h2-3,8,10H,4-7H2,1H3,(H,16,17). The number of hydrogen-bond acceptors (Lipinski definition) is 4. The number of non-ortho nitro benzene ring substituents is 1. The molecule has 0 bridgehead atoms. The molecule has 0 aliphatic heterocycles. The molecule has 0 radical (unpaired) electrons. The number of carboxylic acids is 1. The first-order chi connectivity index (χ1) is 8.99. The molecule has 6 nitrogen and oxygen atoms in total. The minimum atomic E-state index is -0.853. The number of aryl methyl sites for hydroxylation is 1. The van der Waals surface area contributed by atoms with Crippen LogP contribution in [0.4, 0.5) is 11.4 Å². The lowest BCUT2D eigenvalue weighted by molar-refractivity contribution is -0.384.